The summed E-state index contributed by atoms with van der Waals surface area (Å²) in [4.78, 5) is 16.8. The number of carbonyl (C=O) groups excluding carboxylic acids is 1. The fourth-order valence-corrected chi connectivity index (χ4v) is 6.25. The van der Waals surface area contributed by atoms with E-state index in [2.05, 4.69) is 10.3 Å². The fraction of sp³-hybridized carbons (Fsp3) is 0.200. The summed E-state index contributed by atoms with van der Waals surface area (Å²) >= 11 is 6.73. The van der Waals surface area contributed by atoms with Crippen molar-refractivity contribution in [3.8, 4) is 11.3 Å². The molecular weight excluding hydrogens is 503 g/mol. The van der Waals surface area contributed by atoms with E-state index in [1.54, 1.807) is 6.42 Å². The molecule has 13 heteroatoms. The number of nitrogens with zero attached hydrogens (tertiary/aromatic N) is 2. The zero-order valence-electron chi connectivity index (χ0n) is 16.5. The molecule has 0 bridgehead atoms. The van der Waals surface area contributed by atoms with Crippen LogP contribution < -0.4 is 5.32 Å². The number of halogens is 4. The number of aromatic nitrogens is 1. The number of oxazole rings is 1. The highest BCUT2D eigenvalue weighted by Gasteiger charge is 2.40. The zero-order chi connectivity index (χ0) is 23.8. The molecule has 33 heavy (non-hydrogen) atoms. The summed E-state index contributed by atoms with van der Waals surface area (Å²) < 4.78 is 70.5. The van der Waals surface area contributed by atoms with Crippen LogP contribution >= 0.6 is 22.9 Å². The van der Waals surface area contributed by atoms with Crippen LogP contribution in [0.15, 0.2) is 51.3 Å². The normalized spacial score (nSPS) is 17.4. The molecule has 1 saturated heterocycles. The summed E-state index contributed by atoms with van der Waals surface area (Å²) in [6, 6.07) is 6.21. The molecule has 7 nitrogen and oxygen atoms in total. The quantitative estimate of drug-likeness (QED) is 0.530. The van der Waals surface area contributed by atoms with Gasteiger partial charge < -0.3 is 9.73 Å². The number of nitrogens with one attached hydrogen (secondary N) is 1. The Kier molecular flexibility index (Phi) is 6.54. The van der Waals surface area contributed by atoms with E-state index in [0.717, 1.165) is 27.8 Å². The third kappa shape index (κ3) is 5.08. The molecule has 0 aliphatic carbocycles. The molecule has 3 aromatic rings. The maximum Gasteiger partial charge on any atom is 0.416 e. The molecule has 1 N–H and O–H groups in total. The van der Waals surface area contributed by atoms with Gasteiger partial charge in [-0.15, -0.1) is 11.3 Å². The highest BCUT2D eigenvalue weighted by molar-refractivity contribution is 7.91. The highest BCUT2D eigenvalue weighted by Crippen LogP contribution is 2.32. The van der Waals surface area contributed by atoms with Crippen LogP contribution in [0.25, 0.3) is 11.3 Å². The van der Waals surface area contributed by atoms with E-state index in [9.17, 15) is 26.4 Å². The predicted molar refractivity (Wildman–Crippen MR) is 114 cm³/mol. The van der Waals surface area contributed by atoms with Crippen molar-refractivity contribution in [3.05, 3.63) is 71.3 Å². The lowest BCUT2D eigenvalue weighted by Gasteiger charge is -2.22. The second-order valence-corrected chi connectivity index (χ2v) is 10.8. The lowest BCUT2D eigenvalue weighted by molar-refractivity contribution is -0.137. The second-order valence-electron chi connectivity index (χ2n) is 6.93. The smallest absolute Gasteiger partial charge is 0.416 e. The van der Waals surface area contributed by atoms with Crippen LogP contribution in [-0.2, 0) is 27.5 Å². The molecule has 1 amide bonds. The van der Waals surface area contributed by atoms with Crippen LogP contribution in [0.3, 0.4) is 0 Å². The zero-order valence-corrected chi connectivity index (χ0v) is 18.9. The molecular formula is C20H15ClF3N3O4S2. The highest BCUT2D eigenvalue weighted by atomic mass is 35.5. The minimum Gasteiger partial charge on any atom is -0.446 e. The van der Waals surface area contributed by atoms with Gasteiger partial charge in [0.05, 0.1) is 16.4 Å². The van der Waals surface area contributed by atoms with Crippen molar-refractivity contribution in [1.82, 2.24) is 14.6 Å². The largest absolute Gasteiger partial charge is 0.446 e. The number of benzene rings is 1. The average molecular weight is 518 g/mol. The van der Waals surface area contributed by atoms with Crippen molar-refractivity contribution in [3.63, 3.8) is 0 Å². The molecule has 0 spiro atoms. The van der Waals surface area contributed by atoms with Gasteiger partial charge in [0, 0.05) is 12.1 Å². The molecule has 1 aliphatic heterocycles. The Balaban J connectivity index is 1.40. The third-order valence-corrected chi connectivity index (χ3v) is 8.31. The molecule has 1 atom stereocenters. The number of carbonyl (C=O) groups is 1. The number of rotatable bonds is 6. The maximum absolute atomic E-state index is 12.8. The van der Waals surface area contributed by atoms with Gasteiger partial charge in [-0.25, -0.2) is 13.4 Å². The van der Waals surface area contributed by atoms with Crippen molar-refractivity contribution in [2.75, 3.05) is 6.54 Å². The lowest BCUT2D eigenvalue weighted by atomic mass is 10.1. The lowest BCUT2D eigenvalue weighted by Crippen LogP contribution is -2.45. The molecule has 1 aliphatic rings. The molecule has 2 radical (unpaired) electrons. The number of sulfonamides is 1. The Bertz CT molecular complexity index is 1260. The van der Waals surface area contributed by atoms with E-state index >= 15 is 0 Å². The third-order valence-electron chi connectivity index (χ3n) is 4.77. The van der Waals surface area contributed by atoms with E-state index in [1.165, 1.54) is 36.9 Å². The van der Waals surface area contributed by atoms with Gasteiger partial charge in [-0.2, -0.15) is 17.5 Å². The van der Waals surface area contributed by atoms with Crippen molar-refractivity contribution in [2.24, 2.45) is 0 Å². The Morgan fingerprint density at radius 3 is 2.61 bits per heavy atom. The van der Waals surface area contributed by atoms with Gasteiger partial charge in [0.1, 0.15) is 22.2 Å². The van der Waals surface area contributed by atoms with Crippen LogP contribution in [0.2, 0.25) is 4.34 Å². The van der Waals surface area contributed by atoms with Gasteiger partial charge in [-0.3, -0.25) is 4.79 Å². The maximum atomic E-state index is 12.8. The number of hydrogen-bond acceptors (Lipinski definition) is 6. The summed E-state index contributed by atoms with van der Waals surface area (Å²) in [5.74, 6) is -0.469. The number of alkyl halides is 3. The summed E-state index contributed by atoms with van der Waals surface area (Å²) in [6.07, 6.45) is -0.128. The predicted octanol–water partition coefficient (Wildman–Crippen LogP) is 4.17. The molecule has 0 saturated carbocycles. The Morgan fingerprint density at radius 2 is 1.97 bits per heavy atom. The summed E-state index contributed by atoms with van der Waals surface area (Å²) in [5.41, 5.74) is -0.0707. The topological polar surface area (TPSA) is 92.5 Å². The fourth-order valence-electron chi connectivity index (χ4n) is 3.14. The molecule has 2 aromatic heterocycles. The molecule has 1 fully saturated rings. The standard InChI is InChI=1S/C20H15ClF3N3O4S2/c21-16-7-8-18(32-16)33(29,30)27-9-1-2-15(27)19(28)25-10-17-26-14(11-31-17)12-3-5-13(6-4-12)20(22,23)24/h1-8,11,15H,9-10H2,(H,25,28)/t15-/m0/s1. The van der Waals surface area contributed by atoms with Crippen molar-refractivity contribution < 1.29 is 30.8 Å². The SMILES string of the molecule is O=C(NCc1nc(-c2ccc(C(F)(F)F)cc2)co1)[C@@H]1[CH][CH]CN1S(=O)(=O)c1ccc(Cl)s1. The van der Waals surface area contributed by atoms with Gasteiger partial charge in [0.15, 0.2) is 0 Å². The van der Waals surface area contributed by atoms with E-state index in [-0.39, 0.29) is 23.2 Å². The van der Waals surface area contributed by atoms with E-state index < -0.39 is 33.7 Å². The molecule has 174 valence electrons. The first-order valence-electron chi connectivity index (χ1n) is 9.39. The number of amides is 1. The number of thiophene rings is 1. The first kappa shape index (κ1) is 23.7. The Labute approximate surface area is 196 Å². The van der Waals surface area contributed by atoms with Crippen LogP contribution in [0.1, 0.15) is 11.5 Å². The monoisotopic (exact) mass is 517 g/mol. The first-order chi connectivity index (χ1) is 15.6. The minimum absolute atomic E-state index is 0.0304. The summed E-state index contributed by atoms with van der Waals surface area (Å²) in [7, 11) is -3.92. The molecule has 0 unspecified atom stereocenters. The summed E-state index contributed by atoms with van der Waals surface area (Å²) in [5, 5.41) is 2.57. The van der Waals surface area contributed by atoms with Crippen molar-refractivity contribution >= 4 is 38.9 Å². The van der Waals surface area contributed by atoms with Crippen LogP contribution in [0.4, 0.5) is 13.2 Å². The van der Waals surface area contributed by atoms with Gasteiger partial charge in [0.25, 0.3) is 10.0 Å². The van der Waals surface area contributed by atoms with E-state index in [1.807, 2.05) is 0 Å². The Morgan fingerprint density at radius 1 is 1.24 bits per heavy atom. The molecule has 3 heterocycles. The van der Waals surface area contributed by atoms with Crippen molar-refractivity contribution in [2.45, 2.75) is 23.0 Å². The second kappa shape index (κ2) is 9.09. The summed E-state index contributed by atoms with van der Waals surface area (Å²) in [6.45, 7) is -0.102. The number of hydrogen-bond donors (Lipinski definition) is 1. The van der Waals surface area contributed by atoms with E-state index in [4.69, 9.17) is 16.0 Å². The molecule has 1 aromatic carbocycles. The van der Waals surface area contributed by atoms with Crippen LogP contribution in [-0.4, -0.2) is 36.2 Å². The first-order valence-corrected chi connectivity index (χ1v) is 12.0. The Hall–Kier alpha value is -2.41. The average Bonchev–Trinajstić information content (AvgIpc) is 3.52. The van der Waals surface area contributed by atoms with Gasteiger partial charge in [0.2, 0.25) is 11.8 Å². The van der Waals surface area contributed by atoms with Crippen LogP contribution in [0, 0.1) is 12.8 Å². The molecule has 4 rings (SSSR count). The van der Waals surface area contributed by atoms with E-state index in [0.29, 0.717) is 15.6 Å². The van der Waals surface area contributed by atoms with Gasteiger partial charge in [-0.05, 0) is 37.1 Å². The minimum atomic E-state index is -4.44. The van der Waals surface area contributed by atoms with Gasteiger partial charge >= 0.3 is 6.18 Å². The van der Waals surface area contributed by atoms with Crippen molar-refractivity contribution in [1.29, 1.82) is 0 Å². The van der Waals surface area contributed by atoms with Gasteiger partial charge in [-0.1, -0.05) is 23.7 Å². The van der Waals surface area contributed by atoms with Crippen LogP contribution in [0.5, 0.6) is 0 Å².